The minimum Gasteiger partial charge on any atom is -0.463 e. The number of esters is 2. The molecule has 150 valence electrons. The van der Waals surface area contributed by atoms with Crippen LogP contribution in [0.1, 0.15) is 71.6 Å². The molecule has 1 atom stereocenters. The fourth-order valence-electron chi connectivity index (χ4n) is 2.60. The molecule has 0 saturated carbocycles. The Kier molecular flexibility index (Phi) is 10.7. The van der Waals surface area contributed by atoms with Gasteiger partial charge in [-0.1, -0.05) is 45.1 Å². The monoisotopic (exact) mass is 379 g/mol. The SMILES string of the molecule is CCCCCCCCC(C)OC(=O)CCC(=O)Oc1cccc([N+](=O)[O-])c1. The van der Waals surface area contributed by atoms with Gasteiger partial charge in [-0.05, 0) is 25.8 Å². The minimum absolute atomic E-state index is 0.0748. The topological polar surface area (TPSA) is 95.7 Å². The Morgan fingerprint density at radius 3 is 2.44 bits per heavy atom. The quantitative estimate of drug-likeness (QED) is 0.158. The normalized spacial score (nSPS) is 11.6. The Morgan fingerprint density at radius 1 is 1.07 bits per heavy atom. The van der Waals surface area contributed by atoms with E-state index >= 15 is 0 Å². The second-order valence-corrected chi connectivity index (χ2v) is 6.59. The molecule has 27 heavy (non-hydrogen) atoms. The number of carbonyl (C=O) groups is 2. The summed E-state index contributed by atoms with van der Waals surface area (Å²) in [6.07, 6.45) is 7.53. The van der Waals surface area contributed by atoms with Gasteiger partial charge < -0.3 is 9.47 Å². The predicted octanol–water partition coefficient (Wildman–Crippen LogP) is 4.96. The molecule has 0 bridgehead atoms. The maximum atomic E-state index is 11.8. The summed E-state index contributed by atoms with van der Waals surface area (Å²) in [6.45, 7) is 4.03. The van der Waals surface area contributed by atoms with Gasteiger partial charge in [0, 0.05) is 6.07 Å². The fourth-order valence-corrected chi connectivity index (χ4v) is 2.60. The fraction of sp³-hybridized carbons (Fsp3) is 0.600. The van der Waals surface area contributed by atoms with E-state index in [9.17, 15) is 19.7 Å². The first-order chi connectivity index (χ1) is 12.9. The molecule has 7 heteroatoms. The highest BCUT2D eigenvalue weighted by Crippen LogP contribution is 2.19. The number of nitro benzene ring substituents is 1. The van der Waals surface area contributed by atoms with Gasteiger partial charge >= 0.3 is 11.9 Å². The van der Waals surface area contributed by atoms with Gasteiger partial charge in [-0.2, -0.15) is 0 Å². The van der Waals surface area contributed by atoms with Gasteiger partial charge in [0.15, 0.2) is 0 Å². The molecular formula is C20H29NO6. The molecule has 1 rings (SSSR count). The summed E-state index contributed by atoms with van der Waals surface area (Å²) >= 11 is 0. The smallest absolute Gasteiger partial charge is 0.311 e. The van der Waals surface area contributed by atoms with Gasteiger partial charge in [-0.15, -0.1) is 0 Å². The molecule has 0 aromatic heterocycles. The number of unbranched alkanes of at least 4 members (excludes halogenated alkanes) is 5. The predicted molar refractivity (Wildman–Crippen MR) is 102 cm³/mol. The Morgan fingerprint density at radius 2 is 1.74 bits per heavy atom. The molecule has 1 aromatic rings. The van der Waals surface area contributed by atoms with Crippen molar-refractivity contribution < 1.29 is 24.0 Å². The van der Waals surface area contributed by atoms with Crippen molar-refractivity contribution >= 4 is 17.6 Å². The second kappa shape index (κ2) is 12.8. The van der Waals surface area contributed by atoms with Gasteiger partial charge in [0.1, 0.15) is 5.75 Å². The Hall–Kier alpha value is -2.44. The van der Waals surface area contributed by atoms with E-state index in [2.05, 4.69) is 6.92 Å². The van der Waals surface area contributed by atoms with Crippen LogP contribution in [-0.4, -0.2) is 23.0 Å². The van der Waals surface area contributed by atoms with Gasteiger partial charge in [-0.25, -0.2) is 0 Å². The lowest BCUT2D eigenvalue weighted by Gasteiger charge is -2.13. The van der Waals surface area contributed by atoms with Crippen molar-refractivity contribution in [1.82, 2.24) is 0 Å². The molecular weight excluding hydrogens is 350 g/mol. The van der Waals surface area contributed by atoms with Crippen molar-refractivity contribution in [3.05, 3.63) is 34.4 Å². The van der Waals surface area contributed by atoms with Crippen LogP contribution in [0.4, 0.5) is 5.69 Å². The number of hydrogen-bond donors (Lipinski definition) is 0. The number of nitro groups is 1. The zero-order valence-electron chi connectivity index (χ0n) is 16.1. The number of nitrogens with zero attached hydrogens (tertiary/aromatic N) is 1. The van der Waals surface area contributed by atoms with Crippen molar-refractivity contribution in [1.29, 1.82) is 0 Å². The molecule has 0 amide bonds. The minimum atomic E-state index is -0.629. The molecule has 0 radical (unpaired) electrons. The van der Waals surface area contributed by atoms with Crippen LogP contribution in [0.5, 0.6) is 5.75 Å². The van der Waals surface area contributed by atoms with Crippen LogP contribution in [-0.2, 0) is 14.3 Å². The zero-order valence-corrected chi connectivity index (χ0v) is 16.1. The van der Waals surface area contributed by atoms with E-state index in [1.807, 2.05) is 6.92 Å². The second-order valence-electron chi connectivity index (χ2n) is 6.59. The van der Waals surface area contributed by atoms with Gasteiger partial charge in [0.2, 0.25) is 0 Å². The summed E-state index contributed by atoms with van der Waals surface area (Å²) < 4.78 is 10.3. The van der Waals surface area contributed by atoms with Crippen LogP contribution < -0.4 is 4.74 Å². The van der Waals surface area contributed by atoms with Crippen molar-refractivity contribution in [2.24, 2.45) is 0 Å². The standard InChI is InChI=1S/C20H29NO6/c1-3-4-5-6-7-8-10-16(2)26-19(22)13-14-20(23)27-18-12-9-11-17(15-18)21(24)25/h9,11-12,15-16H,3-8,10,13-14H2,1-2H3. The molecule has 0 aliphatic carbocycles. The zero-order chi connectivity index (χ0) is 20.1. The summed E-state index contributed by atoms with van der Waals surface area (Å²) in [7, 11) is 0. The molecule has 0 N–H and O–H groups in total. The Labute approximate surface area is 160 Å². The van der Waals surface area contributed by atoms with Crippen molar-refractivity contribution in [3.8, 4) is 5.75 Å². The van der Waals surface area contributed by atoms with E-state index < -0.39 is 16.9 Å². The van der Waals surface area contributed by atoms with Crippen LogP contribution in [0.3, 0.4) is 0 Å². The lowest BCUT2D eigenvalue weighted by Crippen LogP contribution is -2.17. The largest absolute Gasteiger partial charge is 0.463 e. The summed E-state index contributed by atoms with van der Waals surface area (Å²) in [5, 5.41) is 10.7. The number of rotatable bonds is 13. The highest BCUT2D eigenvalue weighted by molar-refractivity contribution is 5.79. The lowest BCUT2D eigenvalue weighted by atomic mass is 10.1. The maximum Gasteiger partial charge on any atom is 0.311 e. The van der Waals surface area contributed by atoms with E-state index in [0.29, 0.717) is 0 Å². The highest BCUT2D eigenvalue weighted by Gasteiger charge is 2.14. The first-order valence-corrected chi connectivity index (χ1v) is 9.57. The van der Waals surface area contributed by atoms with E-state index in [1.165, 1.54) is 49.9 Å². The van der Waals surface area contributed by atoms with E-state index in [-0.39, 0.29) is 30.4 Å². The summed E-state index contributed by atoms with van der Waals surface area (Å²) in [5.41, 5.74) is -0.164. The van der Waals surface area contributed by atoms with Crippen LogP contribution in [0.25, 0.3) is 0 Å². The summed E-state index contributed by atoms with van der Waals surface area (Å²) in [5.74, 6) is -0.987. The maximum absolute atomic E-state index is 11.8. The summed E-state index contributed by atoms with van der Waals surface area (Å²) in [4.78, 5) is 33.7. The first-order valence-electron chi connectivity index (χ1n) is 9.57. The number of hydrogen-bond acceptors (Lipinski definition) is 6. The third-order valence-corrected chi connectivity index (χ3v) is 4.09. The Balaban J connectivity index is 2.22. The Bertz CT molecular complexity index is 616. The van der Waals surface area contributed by atoms with Gasteiger partial charge in [0.25, 0.3) is 5.69 Å². The molecule has 1 unspecified atom stereocenters. The number of ether oxygens (including phenoxy) is 2. The number of benzene rings is 1. The van der Waals surface area contributed by atoms with E-state index in [0.717, 1.165) is 19.3 Å². The van der Waals surface area contributed by atoms with Crippen LogP contribution in [0.15, 0.2) is 24.3 Å². The third-order valence-electron chi connectivity index (χ3n) is 4.09. The lowest BCUT2D eigenvalue weighted by molar-refractivity contribution is -0.384. The highest BCUT2D eigenvalue weighted by atomic mass is 16.6. The number of carbonyl (C=O) groups excluding carboxylic acids is 2. The number of non-ortho nitro benzene ring substituents is 1. The van der Waals surface area contributed by atoms with Crippen LogP contribution in [0.2, 0.25) is 0 Å². The summed E-state index contributed by atoms with van der Waals surface area (Å²) in [6, 6.07) is 5.35. The average Bonchev–Trinajstić information content (AvgIpc) is 2.63. The average molecular weight is 379 g/mol. The third kappa shape index (κ3) is 10.3. The van der Waals surface area contributed by atoms with E-state index in [4.69, 9.17) is 9.47 Å². The van der Waals surface area contributed by atoms with E-state index in [1.54, 1.807) is 0 Å². The molecule has 0 saturated heterocycles. The molecule has 0 heterocycles. The molecule has 1 aromatic carbocycles. The molecule has 7 nitrogen and oxygen atoms in total. The molecule has 0 aliphatic heterocycles. The molecule has 0 fully saturated rings. The van der Waals surface area contributed by atoms with Gasteiger partial charge in [0.05, 0.1) is 29.9 Å². The van der Waals surface area contributed by atoms with Crippen molar-refractivity contribution in [2.75, 3.05) is 0 Å². The van der Waals surface area contributed by atoms with Gasteiger partial charge in [-0.3, -0.25) is 19.7 Å². The van der Waals surface area contributed by atoms with Crippen molar-refractivity contribution in [2.45, 2.75) is 77.7 Å². The van der Waals surface area contributed by atoms with Crippen molar-refractivity contribution in [3.63, 3.8) is 0 Å². The molecule has 0 spiro atoms. The first kappa shape index (κ1) is 22.6. The van der Waals surface area contributed by atoms with Crippen LogP contribution in [0, 0.1) is 10.1 Å². The van der Waals surface area contributed by atoms with Crippen LogP contribution >= 0.6 is 0 Å². The molecule has 0 aliphatic rings.